The number of aryl methyl sites for hydroxylation is 1. The second-order valence-electron chi connectivity index (χ2n) is 6.66. The lowest BCUT2D eigenvalue weighted by Crippen LogP contribution is -2.29. The number of anilines is 1. The summed E-state index contributed by atoms with van der Waals surface area (Å²) in [6.07, 6.45) is 2.47. The fourth-order valence-electron chi connectivity index (χ4n) is 3.72. The first-order valence-corrected chi connectivity index (χ1v) is 9.94. The highest BCUT2D eigenvalue weighted by atomic mass is 32.1. The third-order valence-corrected chi connectivity index (χ3v) is 5.85. The van der Waals surface area contributed by atoms with E-state index in [1.54, 1.807) is 17.2 Å². The number of rotatable bonds is 3. The van der Waals surface area contributed by atoms with Gasteiger partial charge in [0, 0.05) is 11.6 Å². The van der Waals surface area contributed by atoms with Gasteiger partial charge in [0.1, 0.15) is 5.58 Å². The Morgan fingerprint density at radius 3 is 2.68 bits per heavy atom. The first kappa shape index (κ1) is 16.9. The van der Waals surface area contributed by atoms with Gasteiger partial charge in [0.15, 0.2) is 10.6 Å². The van der Waals surface area contributed by atoms with Crippen LogP contribution in [-0.2, 0) is 6.42 Å². The van der Waals surface area contributed by atoms with E-state index in [0.717, 1.165) is 17.5 Å². The Kier molecular flexibility index (Phi) is 3.87. The molecule has 0 spiro atoms. The van der Waals surface area contributed by atoms with Crippen molar-refractivity contribution in [3.63, 3.8) is 0 Å². The Morgan fingerprint density at radius 1 is 1.14 bits per heavy atom. The number of aromatic nitrogens is 1. The van der Waals surface area contributed by atoms with Crippen molar-refractivity contribution < 1.29 is 9.21 Å². The van der Waals surface area contributed by atoms with Crippen molar-refractivity contribution in [2.24, 2.45) is 0 Å². The normalized spacial score (nSPS) is 16.0. The summed E-state index contributed by atoms with van der Waals surface area (Å²) in [7, 11) is 0. The number of nitrogens with zero attached hydrogens (tertiary/aromatic N) is 2. The van der Waals surface area contributed by atoms with Gasteiger partial charge >= 0.3 is 0 Å². The molecule has 0 aliphatic carbocycles. The summed E-state index contributed by atoms with van der Waals surface area (Å²) in [6, 6.07) is 14.5. The molecule has 0 saturated heterocycles. The van der Waals surface area contributed by atoms with Crippen LogP contribution in [-0.4, -0.2) is 10.9 Å². The Bertz CT molecular complexity index is 1250. The van der Waals surface area contributed by atoms with Crippen molar-refractivity contribution in [2.45, 2.75) is 19.4 Å². The van der Waals surface area contributed by atoms with Gasteiger partial charge < -0.3 is 4.42 Å². The molecule has 28 heavy (non-hydrogen) atoms. The number of hydrogen-bond donors (Lipinski definition) is 0. The number of carbonyl (C=O) groups is 1. The zero-order chi connectivity index (χ0) is 19.3. The van der Waals surface area contributed by atoms with Crippen molar-refractivity contribution in [3.8, 4) is 0 Å². The third-order valence-electron chi connectivity index (χ3n) is 5.08. The van der Waals surface area contributed by atoms with Gasteiger partial charge in [0.25, 0.3) is 5.91 Å². The van der Waals surface area contributed by atoms with Gasteiger partial charge in [-0.25, -0.2) is 4.98 Å². The van der Waals surface area contributed by atoms with E-state index < -0.39 is 6.04 Å². The van der Waals surface area contributed by atoms with Crippen LogP contribution < -0.4 is 10.3 Å². The molecule has 2 aromatic carbocycles. The third kappa shape index (κ3) is 2.42. The topological polar surface area (TPSA) is 63.4 Å². The van der Waals surface area contributed by atoms with E-state index in [2.05, 4.69) is 4.98 Å². The van der Waals surface area contributed by atoms with Gasteiger partial charge in [0.05, 0.1) is 17.0 Å². The molecule has 0 saturated carbocycles. The fraction of sp³-hybridized carbons (Fsp3) is 0.136. The largest absolute Gasteiger partial charge is 0.450 e. The van der Waals surface area contributed by atoms with Gasteiger partial charge in [0.2, 0.25) is 5.76 Å². The molecule has 6 heteroatoms. The monoisotopic (exact) mass is 388 g/mol. The van der Waals surface area contributed by atoms with Crippen molar-refractivity contribution in [3.05, 3.63) is 92.8 Å². The molecular formula is C22H16N2O3S. The lowest BCUT2D eigenvalue weighted by atomic mass is 9.98. The lowest BCUT2D eigenvalue weighted by molar-refractivity contribution is 0.0971. The zero-order valence-corrected chi connectivity index (χ0v) is 15.9. The highest BCUT2D eigenvalue weighted by Crippen LogP contribution is 2.41. The first-order valence-electron chi connectivity index (χ1n) is 9.06. The lowest BCUT2D eigenvalue weighted by Gasteiger charge is -2.22. The second-order valence-corrected chi connectivity index (χ2v) is 7.53. The van der Waals surface area contributed by atoms with Crippen LogP contribution in [0.3, 0.4) is 0 Å². The molecule has 3 heterocycles. The van der Waals surface area contributed by atoms with Gasteiger partial charge in [-0.3, -0.25) is 14.5 Å². The van der Waals surface area contributed by atoms with Gasteiger partial charge in [-0.15, -0.1) is 11.3 Å². The van der Waals surface area contributed by atoms with E-state index in [1.165, 1.54) is 11.3 Å². The molecule has 4 aromatic rings. The minimum Gasteiger partial charge on any atom is -0.450 e. The number of amides is 1. The predicted molar refractivity (Wildman–Crippen MR) is 109 cm³/mol. The van der Waals surface area contributed by atoms with E-state index in [-0.39, 0.29) is 17.1 Å². The van der Waals surface area contributed by atoms with Crippen LogP contribution in [0.15, 0.2) is 69.3 Å². The molecule has 0 bridgehead atoms. The molecule has 1 unspecified atom stereocenters. The van der Waals surface area contributed by atoms with Crippen LogP contribution in [0.1, 0.15) is 40.2 Å². The highest BCUT2D eigenvalue weighted by molar-refractivity contribution is 7.13. The molecule has 0 radical (unpaired) electrons. The number of thiazole rings is 1. The number of benzene rings is 2. The summed E-state index contributed by atoms with van der Waals surface area (Å²) in [6.45, 7) is 2.04. The van der Waals surface area contributed by atoms with Crippen molar-refractivity contribution >= 4 is 33.3 Å². The van der Waals surface area contributed by atoms with Crippen molar-refractivity contribution in [1.29, 1.82) is 0 Å². The highest BCUT2D eigenvalue weighted by Gasteiger charge is 2.44. The standard InChI is InChI=1S/C22H16N2O3S/c1-2-13-8-9-16-15(12-13)19(25)17-18(14-6-4-3-5-7-14)24(21(26)20(17)27-16)22-23-10-11-28-22/h3-12,18H,2H2,1H3. The maximum absolute atomic E-state index is 13.5. The molecule has 1 amide bonds. The van der Waals surface area contributed by atoms with Gasteiger partial charge in [-0.05, 0) is 29.7 Å². The van der Waals surface area contributed by atoms with E-state index >= 15 is 0 Å². The molecule has 1 aliphatic rings. The predicted octanol–water partition coefficient (Wildman–Crippen LogP) is 4.56. The van der Waals surface area contributed by atoms with Crippen LogP contribution in [0.5, 0.6) is 0 Å². The Labute approximate surface area is 164 Å². The molecule has 138 valence electrons. The Hall–Kier alpha value is -3.25. The van der Waals surface area contributed by atoms with Crippen molar-refractivity contribution in [1.82, 2.24) is 4.98 Å². The molecule has 1 aliphatic heterocycles. The fourth-order valence-corrected chi connectivity index (χ4v) is 4.39. The summed E-state index contributed by atoms with van der Waals surface area (Å²) >= 11 is 1.36. The average Bonchev–Trinajstić information content (AvgIpc) is 3.35. The number of hydrogen-bond acceptors (Lipinski definition) is 5. The van der Waals surface area contributed by atoms with Crippen LogP contribution in [0.2, 0.25) is 0 Å². The zero-order valence-electron chi connectivity index (χ0n) is 15.1. The Balaban J connectivity index is 1.83. The Morgan fingerprint density at radius 2 is 1.96 bits per heavy atom. The van der Waals surface area contributed by atoms with E-state index in [4.69, 9.17) is 4.42 Å². The van der Waals surface area contributed by atoms with Crippen LogP contribution in [0.4, 0.5) is 5.13 Å². The SMILES string of the molecule is CCc1ccc2oc3c(c(=O)c2c1)C(c1ccccc1)N(c1nccs1)C3=O. The van der Waals surface area contributed by atoms with Crippen LogP contribution in [0, 0.1) is 0 Å². The molecule has 0 N–H and O–H groups in total. The summed E-state index contributed by atoms with van der Waals surface area (Å²) in [5, 5.41) is 2.86. The number of fused-ring (bicyclic) bond motifs is 2. The number of carbonyl (C=O) groups excluding carboxylic acids is 1. The van der Waals surface area contributed by atoms with Crippen LogP contribution >= 0.6 is 11.3 Å². The molecule has 1 atom stereocenters. The molecule has 2 aromatic heterocycles. The molecule has 0 fully saturated rings. The molecular weight excluding hydrogens is 372 g/mol. The smallest absolute Gasteiger partial charge is 0.297 e. The summed E-state index contributed by atoms with van der Waals surface area (Å²) in [5.41, 5.74) is 2.56. The summed E-state index contributed by atoms with van der Waals surface area (Å²) < 4.78 is 5.96. The quantitative estimate of drug-likeness (QED) is 0.516. The second kappa shape index (κ2) is 6.42. The summed E-state index contributed by atoms with van der Waals surface area (Å²) in [5.74, 6) is -0.233. The first-order chi connectivity index (χ1) is 13.7. The van der Waals surface area contributed by atoms with Gasteiger partial charge in [-0.2, -0.15) is 0 Å². The minimum absolute atomic E-state index is 0.103. The summed E-state index contributed by atoms with van der Waals surface area (Å²) in [4.78, 5) is 32.6. The molecule has 5 rings (SSSR count). The molecule has 5 nitrogen and oxygen atoms in total. The average molecular weight is 388 g/mol. The van der Waals surface area contributed by atoms with E-state index in [0.29, 0.717) is 21.7 Å². The van der Waals surface area contributed by atoms with E-state index in [1.807, 2.05) is 54.8 Å². The van der Waals surface area contributed by atoms with Crippen LogP contribution in [0.25, 0.3) is 11.0 Å². The maximum Gasteiger partial charge on any atom is 0.297 e. The minimum atomic E-state index is -0.555. The van der Waals surface area contributed by atoms with Gasteiger partial charge in [-0.1, -0.05) is 43.3 Å². The maximum atomic E-state index is 13.5. The van der Waals surface area contributed by atoms with Crippen molar-refractivity contribution in [2.75, 3.05) is 4.90 Å². The van der Waals surface area contributed by atoms with E-state index in [9.17, 15) is 9.59 Å².